The molecule has 11 rings (SSSR count). The number of fused-ring (bicyclic) bond motifs is 10. The van der Waals surface area contributed by atoms with Gasteiger partial charge < -0.3 is 9.88 Å². The molecule has 0 saturated carbocycles. The van der Waals surface area contributed by atoms with Gasteiger partial charge in [0.1, 0.15) is 12.0 Å². The second-order valence-electron chi connectivity index (χ2n) is 13.0. The van der Waals surface area contributed by atoms with Crippen molar-refractivity contribution in [1.82, 2.24) is 9.88 Å². The van der Waals surface area contributed by atoms with Crippen LogP contribution in [0.25, 0.3) is 67.8 Å². The Morgan fingerprint density at radius 1 is 0.490 bits per heavy atom. The largest absolute Gasteiger partial charge is 0.344 e. The molecular formula is C45H28N4S2. The molecule has 1 aliphatic heterocycles. The Bertz CT molecular complexity index is 3000. The maximum atomic E-state index is 5.07. The van der Waals surface area contributed by atoms with E-state index in [1.807, 2.05) is 46.9 Å². The van der Waals surface area contributed by atoms with Crippen molar-refractivity contribution in [2.24, 2.45) is 9.98 Å². The van der Waals surface area contributed by atoms with Gasteiger partial charge in [-0.15, -0.1) is 22.7 Å². The van der Waals surface area contributed by atoms with Crippen molar-refractivity contribution in [1.29, 1.82) is 0 Å². The monoisotopic (exact) mass is 688 g/mol. The highest BCUT2D eigenvalue weighted by molar-refractivity contribution is 7.33. The number of thiophene rings is 2. The minimum atomic E-state index is -0.227. The second-order valence-corrected chi connectivity index (χ2v) is 15.1. The van der Waals surface area contributed by atoms with Crippen molar-refractivity contribution < 1.29 is 0 Å². The lowest BCUT2D eigenvalue weighted by molar-refractivity contribution is 0.674. The van der Waals surface area contributed by atoms with Crippen molar-refractivity contribution >= 4 is 96.5 Å². The predicted molar refractivity (Wildman–Crippen MR) is 218 cm³/mol. The van der Waals surface area contributed by atoms with E-state index in [0.29, 0.717) is 0 Å². The van der Waals surface area contributed by atoms with Crippen molar-refractivity contribution in [2.75, 3.05) is 0 Å². The molecule has 4 heterocycles. The predicted octanol–water partition coefficient (Wildman–Crippen LogP) is 12.0. The molecular weight excluding hydrogens is 661 g/mol. The van der Waals surface area contributed by atoms with Crippen LogP contribution in [0.5, 0.6) is 0 Å². The fourth-order valence-corrected chi connectivity index (χ4v) is 10.2. The number of aromatic nitrogens is 1. The highest BCUT2D eigenvalue weighted by Gasteiger charge is 2.22. The summed E-state index contributed by atoms with van der Waals surface area (Å²) in [5, 5.41) is 11.4. The number of benzene rings is 7. The first kappa shape index (κ1) is 28.7. The number of hydrogen-bond acceptors (Lipinski definition) is 5. The SMILES string of the molecule is c1ccc(C2=NC(c3ccccc3)NC(c3ccc4sc5c(ccc6c7ccc(-n8c9ccccc9c9ccccc98)cc7sc65)c4c3)=N2)cc1. The standard InChI is InChI=1S/C45H28N4S2/c1-3-11-27(12-4-1)43-46-44(28-13-5-2-6-14-28)48-45(47-43)29-19-24-39-36(25-29)35-23-22-34-33-21-20-30(26-40(33)51-41(34)42(35)50-39)49-37-17-9-7-15-31(37)32-16-8-10-18-38(32)49/h1-26,43H,(H,46,47,48). The van der Waals surface area contributed by atoms with E-state index in [9.17, 15) is 0 Å². The first-order valence-electron chi connectivity index (χ1n) is 17.1. The third kappa shape index (κ3) is 4.50. The Morgan fingerprint density at radius 2 is 1.12 bits per heavy atom. The normalized spacial score (nSPS) is 14.9. The minimum absolute atomic E-state index is 0.227. The van der Waals surface area contributed by atoms with Gasteiger partial charge in [-0.25, -0.2) is 9.98 Å². The molecule has 0 fully saturated rings. The number of hydrogen-bond donors (Lipinski definition) is 1. The lowest BCUT2D eigenvalue weighted by atomic mass is 10.1. The van der Waals surface area contributed by atoms with E-state index in [2.05, 4.69) is 143 Å². The van der Waals surface area contributed by atoms with Crippen LogP contribution in [0.4, 0.5) is 0 Å². The summed E-state index contributed by atoms with van der Waals surface area (Å²) >= 11 is 3.79. The maximum absolute atomic E-state index is 5.07. The van der Waals surface area contributed by atoms with Crippen molar-refractivity contribution in [3.63, 3.8) is 0 Å². The quantitative estimate of drug-likeness (QED) is 0.196. The van der Waals surface area contributed by atoms with Gasteiger partial charge in [0.2, 0.25) is 0 Å². The molecule has 51 heavy (non-hydrogen) atoms. The molecule has 240 valence electrons. The van der Waals surface area contributed by atoms with E-state index in [0.717, 1.165) is 28.4 Å². The summed E-state index contributed by atoms with van der Waals surface area (Å²) in [6.45, 7) is 0. The third-order valence-corrected chi connectivity index (χ3v) is 12.6. The van der Waals surface area contributed by atoms with Crippen LogP contribution < -0.4 is 5.32 Å². The Hall–Kier alpha value is -6.08. The summed E-state index contributed by atoms with van der Waals surface area (Å²) < 4.78 is 7.67. The Balaban J connectivity index is 1.04. The maximum Gasteiger partial charge on any atom is 0.159 e. The summed E-state index contributed by atoms with van der Waals surface area (Å²) in [4.78, 5) is 10.1. The zero-order valence-electron chi connectivity index (χ0n) is 27.2. The molecule has 3 aromatic heterocycles. The topological polar surface area (TPSA) is 41.7 Å². The van der Waals surface area contributed by atoms with Crippen LogP contribution in [0.1, 0.15) is 22.9 Å². The number of para-hydroxylation sites is 2. The summed E-state index contributed by atoms with van der Waals surface area (Å²) in [5.41, 5.74) is 6.82. The molecule has 0 spiro atoms. The van der Waals surface area contributed by atoms with Gasteiger partial charge in [0.25, 0.3) is 0 Å². The van der Waals surface area contributed by atoms with E-state index in [-0.39, 0.29) is 6.17 Å². The number of nitrogens with zero attached hydrogens (tertiary/aromatic N) is 3. The molecule has 1 aliphatic rings. The minimum Gasteiger partial charge on any atom is -0.344 e. The first-order chi connectivity index (χ1) is 25.3. The lowest BCUT2D eigenvalue weighted by Gasteiger charge is -2.23. The van der Waals surface area contributed by atoms with Gasteiger partial charge in [0.05, 0.1) is 20.4 Å². The molecule has 0 saturated heterocycles. The Morgan fingerprint density at radius 3 is 1.86 bits per heavy atom. The zero-order valence-corrected chi connectivity index (χ0v) is 28.9. The Kier molecular flexibility index (Phi) is 6.32. The second kappa shape index (κ2) is 11.2. The van der Waals surface area contributed by atoms with Gasteiger partial charge in [-0.1, -0.05) is 115 Å². The highest BCUT2D eigenvalue weighted by atomic mass is 32.1. The average molecular weight is 689 g/mol. The van der Waals surface area contributed by atoms with Gasteiger partial charge in [-0.2, -0.15) is 0 Å². The molecule has 7 aromatic carbocycles. The highest BCUT2D eigenvalue weighted by Crippen LogP contribution is 2.45. The lowest BCUT2D eigenvalue weighted by Crippen LogP contribution is -2.33. The number of rotatable bonds is 4. The Labute approximate surface area is 301 Å². The summed E-state index contributed by atoms with van der Waals surface area (Å²) in [7, 11) is 0. The molecule has 0 bridgehead atoms. The number of amidine groups is 2. The van der Waals surface area contributed by atoms with Crippen LogP contribution in [0.15, 0.2) is 168 Å². The number of aliphatic imine (C=N–C) groups is 2. The van der Waals surface area contributed by atoms with Gasteiger partial charge in [0, 0.05) is 58.5 Å². The van der Waals surface area contributed by atoms with Crippen LogP contribution in [0.3, 0.4) is 0 Å². The number of nitrogens with one attached hydrogen (secondary N) is 1. The van der Waals surface area contributed by atoms with Crippen molar-refractivity contribution in [3.8, 4) is 5.69 Å². The molecule has 10 aromatic rings. The van der Waals surface area contributed by atoms with E-state index in [1.165, 1.54) is 67.8 Å². The fraction of sp³-hybridized carbons (Fsp3) is 0.0222. The zero-order chi connectivity index (χ0) is 33.5. The molecule has 1 N–H and O–H groups in total. The van der Waals surface area contributed by atoms with Gasteiger partial charge >= 0.3 is 0 Å². The smallest absolute Gasteiger partial charge is 0.159 e. The van der Waals surface area contributed by atoms with Crippen LogP contribution in [0, 0.1) is 0 Å². The summed E-state index contributed by atoms with van der Waals surface area (Å²) in [6, 6.07) is 56.4. The molecule has 1 atom stereocenters. The molecule has 4 nitrogen and oxygen atoms in total. The first-order valence-corrected chi connectivity index (χ1v) is 18.7. The molecule has 6 heteroatoms. The van der Waals surface area contributed by atoms with E-state index < -0.39 is 0 Å². The van der Waals surface area contributed by atoms with E-state index in [1.54, 1.807) is 0 Å². The third-order valence-electron chi connectivity index (χ3n) is 10.1. The van der Waals surface area contributed by atoms with Crippen LogP contribution in [-0.4, -0.2) is 16.2 Å². The molecule has 0 amide bonds. The van der Waals surface area contributed by atoms with E-state index >= 15 is 0 Å². The van der Waals surface area contributed by atoms with Gasteiger partial charge in [0.15, 0.2) is 5.84 Å². The van der Waals surface area contributed by atoms with Gasteiger partial charge in [-0.3, -0.25) is 0 Å². The van der Waals surface area contributed by atoms with Crippen LogP contribution in [0.2, 0.25) is 0 Å². The van der Waals surface area contributed by atoms with Crippen LogP contribution in [-0.2, 0) is 0 Å². The van der Waals surface area contributed by atoms with Gasteiger partial charge in [-0.05, 0) is 48.0 Å². The molecule has 0 aliphatic carbocycles. The van der Waals surface area contributed by atoms with Crippen molar-refractivity contribution in [3.05, 3.63) is 174 Å². The average Bonchev–Trinajstić information content (AvgIpc) is 3.87. The van der Waals surface area contributed by atoms with Crippen LogP contribution >= 0.6 is 22.7 Å². The summed E-state index contributed by atoms with van der Waals surface area (Å²) in [5.74, 6) is 1.57. The van der Waals surface area contributed by atoms with Crippen molar-refractivity contribution in [2.45, 2.75) is 6.17 Å². The fourth-order valence-electron chi connectivity index (χ4n) is 7.66. The summed E-state index contributed by atoms with van der Waals surface area (Å²) in [6.07, 6.45) is -0.227. The molecule has 1 unspecified atom stereocenters. The van der Waals surface area contributed by atoms with E-state index in [4.69, 9.17) is 9.98 Å². The molecule has 0 radical (unpaired) electrons.